The molecule has 1 aliphatic rings. The third kappa shape index (κ3) is 3.35. The molecule has 134 valence electrons. The second-order valence-corrected chi connectivity index (χ2v) is 7.82. The van der Waals surface area contributed by atoms with Gasteiger partial charge in [0.05, 0.1) is 10.6 Å². The van der Waals surface area contributed by atoms with Gasteiger partial charge in [-0.3, -0.25) is 14.8 Å². The largest absolute Gasteiger partial charge is 0.369 e. The fraction of sp³-hybridized carbons (Fsp3) is 0.400. The van der Waals surface area contributed by atoms with Gasteiger partial charge < -0.3 is 4.90 Å². The van der Waals surface area contributed by atoms with Gasteiger partial charge in [0.15, 0.2) is 0 Å². The predicted octanol–water partition coefficient (Wildman–Crippen LogP) is 1.15. The molecule has 0 aliphatic carbocycles. The number of non-ortho nitro benzene ring substituents is 1. The van der Waals surface area contributed by atoms with Gasteiger partial charge in [0.2, 0.25) is 10.0 Å². The van der Waals surface area contributed by atoms with Crippen LogP contribution in [0.3, 0.4) is 0 Å². The number of hydrogen-bond donors (Lipinski definition) is 0. The SMILES string of the molecule is Cc1nn(C)cc1S(=O)(=O)N1CCN(c2ccc([N+](=O)[O-])cc2)CC1. The smallest absolute Gasteiger partial charge is 0.269 e. The third-order valence-corrected chi connectivity index (χ3v) is 6.25. The number of piperazine rings is 1. The van der Waals surface area contributed by atoms with E-state index in [9.17, 15) is 18.5 Å². The second kappa shape index (κ2) is 6.45. The Morgan fingerprint density at radius 1 is 1.12 bits per heavy atom. The topological polar surface area (TPSA) is 102 Å². The third-order valence-electron chi connectivity index (χ3n) is 4.25. The summed E-state index contributed by atoms with van der Waals surface area (Å²) >= 11 is 0. The zero-order valence-corrected chi connectivity index (χ0v) is 14.8. The fourth-order valence-electron chi connectivity index (χ4n) is 2.94. The summed E-state index contributed by atoms with van der Waals surface area (Å²) in [4.78, 5) is 12.5. The van der Waals surface area contributed by atoms with Crippen LogP contribution in [-0.2, 0) is 17.1 Å². The minimum Gasteiger partial charge on any atom is -0.369 e. The highest BCUT2D eigenvalue weighted by atomic mass is 32.2. The number of anilines is 1. The van der Waals surface area contributed by atoms with Crippen molar-refractivity contribution >= 4 is 21.4 Å². The summed E-state index contributed by atoms with van der Waals surface area (Å²) in [6.07, 6.45) is 1.52. The number of aryl methyl sites for hydroxylation is 2. The van der Waals surface area contributed by atoms with Crippen molar-refractivity contribution in [2.45, 2.75) is 11.8 Å². The van der Waals surface area contributed by atoms with Crippen molar-refractivity contribution in [1.29, 1.82) is 0 Å². The van der Waals surface area contributed by atoms with Crippen LogP contribution in [0, 0.1) is 17.0 Å². The van der Waals surface area contributed by atoms with Crippen LogP contribution >= 0.6 is 0 Å². The van der Waals surface area contributed by atoms with E-state index in [0.717, 1.165) is 5.69 Å². The van der Waals surface area contributed by atoms with Crippen LogP contribution in [0.4, 0.5) is 11.4 Å². The van der Waals surface area contributed by atoms with Crippen LogP contribution in [0.5, 0.6) is 0 Å². The predicted molar refractivity (Wildman–Crippen MR) is 92.0 cm³/mol. The van der Waals surface area contributed by atoms with Crippen molar-refractivity contribution in [3.05, 3.63) is 46.3 Å². The number of nitro groups is 1. The summed E-state index contributed by atoms with van der Waals surface area (Å²) in [7, 11) is -1.87. The highest BCUT2D eigenvalue weighted by Gasteiger charge is 2.31. The number of benzene rings is 1. The molecule has 0 bridgehead atoms. The minimum absolute atomic E-state index is 0.0389. The van der Waals surface area contributed by atoms with E-state index < -0.39 is 14.9 Å². The van der Waals surface area contributed by atoms with Crippen LogP contribution in [0.2, 0.25) is 0 Å². The van der Waals surface area contributed by atoms with Gasteiger partial charge in [-0.15, -0.1) is 0 Å². The molecule has 2 heterocycles. The summed E-state index contributed by atoms with van der Waals surface area (Å²) in [6, 6.07) is 6.29. The van der Waals surface area contributed by atoms with Crippen molar-refractivity contribution in [2.24, 2.45) is 7.05 Å². The number of nitrogens with zero attached hydrogens (tertiary/aromatic N) is 5. The Labute approximate surface area is 145 Å². The molecule has 25 heavy (non-hydrogen) atoms. The normalized spacial score (nSPS) is 16.2. The maximum atomic E-state index is 12.8. The highest BCUT2D eigenvalue weighted by molar-refractivity contribution is 7.89. The van der Waals surface area contributed by atoms with E-state index >= 15 is 0 Å². The average molecular weight is 365 g/mol. The van der Waals surface area contributed by atoms with Gasteiger partial charge in [0, 0.05) is 57.2 Å². The van der Waals surface area contributed by atoms with Gasteiger partial charge in [0.25, 0.3) is 5.69 Å². The maximum absolute atomic E-state index is 12.8. The van der Waals surface area contributed by atoms with Crippen LogP contribution < -0.4 is 4.90 Å². The molecular weight excluding hydrogens is 346 g/mol. The number of hydrogen-bond acceptors (Lipinski definition) is 6. The van der Waals surface area contributed by atoms with Crippen LogP contribution in [0.15, 0.2) is 35.4 Å². The van der Waals surface area contributed by atoms with E-state index in [1.54, 1.807) is 26.1 Å². The lowest BCUT2D eigenvalue weighted by Crippen LogP contribution is -2.48. The van der Waals surface area contributed by atoms with Crippen molar-refractivity contribution < 1.29 is 13.3 Å². The summed E-state index contributed by atoms with van der Waals surface area (Å²) in [5.41, 5.74) is 1.37. The molecule has 0 saturated carbocycles. The Kier molecular flexibility index (Phi) is 4.48. The molecular formula is C15H19N5O4S. The average Bonchev–Trinajstić information content (AvgIpc) is 2.94. The van der Waals surface area contributed by atoms with Crippen molar-refractivity contribution in [2.75, 3.05) is 31.1 Å². The Hall–Kier alpha value is -2.46. The van der Waals surface area contributed by atoms with E-state index in [1.807, 2.05) is 4.90 Å². The van der Waals surface area contributed by atoms with E-state index in [0.29, 0.717) is 31.9 Å². The highest BCUT2D eigenvalue weighted by Crippen LogP contribution is 2.24. The Morgan fingerprint density at radius 2 is 1.72 bits per heavy atom. The minimum atomic E-state index is -3.56. The lowest BCUT2D eigenvalue weighted by Gasteiger charge is -2.35. The molecule has 0 N–H and O–H groups in total. The van der Waals surface area contributed by atoms with Crippen molar-refractivity contribution in [3.63, 3.8) is 0 Å². The number of aromatic nitrogens is 2. The van der Waals surface area contributed by atoms with Gasteiger partial charge >= 0.3 is 0 Å². The molecule has 2 aromatic rings. The molecule has 0 atom stereocenters. The molecule has 10 heteroatoms. The van der Waals surface area contributed by atoms with E-state index in [2.05, 4.69) is 5.10 Å². The summed E-state index contributed by atoms with van der Waals surface area (Å²) in [6.45, 7) is 3.44. The molecule has 0 spiro atoms. The van der Waals surface area contributed by atoms with Gasteiger partial charge in [-0.05, 0) is 19.1 Å². The first-order valence-corrected chi connectivity index (χ1v) is 9.23. The van der Waals surface area contributed by atoms with Crippen molar-refractivity contribution in [1.82, 2.24) is 14.1 Å². The molecule has 1 aliphatic heterocycles. The molecule has 0 amide bonds. The first-order valence-electron chi connectivity index (χ1n) is 7.79. The molecule has 1 aromatic heterocycles. The Bertz CT molecular complexity index is 883. The first kappa shape index (κ1) is 17.4. The summed E-state index contributed by atoms with van der Waals surface area (Å²) in [5, 5.41) is 14.8. The molecule has 1 fully saturated rings. The lowest BCUT2D eigenvalue weighted by molar-refractivity contribution is -0.384. The summed E-state index contributed by atoms with van der Waals surface area (Å²) in [5.74, 6) is 0. The van der Waals surface area contributed by atoms with Gasteiger partial charge in [-0.1, -0.05) is 0 Å². The zero-order chi connectivity index (χ0) is 18.2. The number of sulfonamides is 1. The number of nitro benzene ring substituents is 1. The van der Waals surface area contributed by atoms with E-state index in [-0.39, 0.29) is 10.6 Å². The molecule has 1 saturated heterocycles. The lowest BCUT2D eigenvalue weighted by atomic mass is 10.2. The molecule has 9 nitrogen and oxygen atoms in total. The van der Waals surface area contributed by atoms with E-state index in [1.165, 1.54) is 27.3 Å². The Morgan fingerprint density at radius 3 is 2.20 bits per heavy atom. The first-order chi connectivity index (χ1) is 11.8. The molecule has 0 unspecified atom stereocenters. The van der Waals surface area contributed by atoms with Crippen LogP contribution in [0.1, 0.15) is 5.69 Å². The van der Waals surface area contributed by atoms with Crippen LogP contribution in [0.25, 0.3) is 0 Å². The molecule has 0 radical (unpaired) electrons. The van der Waals surface area contributed by atoms with Crippen molar-refractivity contribution in [3.8, 4) is 0 Å². The van der Waals surface area contributed by atoms with Gasteiger partial charge in [0.1, 0.15) is 4.90 Å². The van der Waals surface area contributed by atoms with Gasteiger partial charge in [-0.2, -0.15) is 9.40 Å². The standard InChI is InChI=1S/C15H19N5O4S/c1-12-15(11-17(2)16-12)25(23,24)19-9-7-18(8-10-19)13-3-5-14(6-4-13)20(21)22/h3-6,11H,7-10H2,1-2H3. The molecule has 1 aromatic carbocycles. The van der Waals surface area contributed by atoms with Crippen LogP contribution in [-0.4, -0.2) is 53.6 Å². The molecule has 3 rings (SSSR count). The van der Waals surface area contributed by atoms with E-state index in [4.69, 9.17) is 0 Å². The maximum Gasteiger partial charge on any atom is 0.269 e. The van der Waals surface area contributed by atoms with Gasteiger partial charge in [-0.25, -0.2) is 8.42 Å². The zero-order valence-electron chi connectivity index (χ0n) is 14.0. The Balaban J connectivity index is 1.71. The monoisotopic (exact) mass is 365 g/mol. The second-order valence-electron chi connectivity index (χ2n) is 5.92. The fourth-order valence-corrected chi connectivity index (χ4v) is 4.56. The quantitative estimate of drug-likeness (QED) is 0.595. The number of rotatable bonds is 4. The summed E-state index contributed by atoms with van der Waals surface area (Å²) < 4.78 is 28.5.